The number of hydrogen-bond donors (Lipinski definition) is 0. The van der Waals surface area contributed by atoms with E-state index in [9.17, 15) is 0 Å². The molecule has 0 radical (unpaired) electrons. The van der Waals surface area contributed by atoms with E-state index in [1.54, 1.807) is 6.08 Å². The highest BCUT2D eigenvalue weighted by Gasteiger charge is 2.00. The van der Waals surface area contributed by atoms with Crippen LogP contribution >= 0.6 is 0 Å². The first-order valence-electron chi connectivity index (χ1n) is 5.86. The van der Waals surface area contributed by atoms with Gasteiger partial charge in [-0.3, -0.25) is 0 Å². The van der Waals surface area contributed by atoms with Gasteiger partial charge < -0.3 is 4.74 Å². The maximum atomic E-state index is 5.66. The van der Waals surface area contributed by atoms with Crippen LogP contribution in [-0.4, -0.2) is 0 Å². The second kappa shape index (κ2) is 8.40. The predicted octanol–water partition coefficient (Wildman–Crippen LogP) is 5.05. The lowest BCUT2D eigenvalue weighted by Gasteiger charge is -2.09. The first kappa shape index (κ1) is 15.2. The van der Waals surface area contributed by atoms with E-state index in [2.05, 4.69) is 13.2 Å². The van der Waals surface area contributed by atoms with E-state index in [0.29, 0.717) is 0 Å². The lowest BCUT2D eigenvalue weighted by atomic mass is 10.2. The molecule has 1 heteroatoms. The molecule has 1 rings (SSSR count). The van der Waals surface area contributed by atoms with Gasteiger partial charge in [0.1, 0.15) is 11.5 Å². The molecule has 0 saturated heterocycles. The van der Waals surface area contributed by atoms with Gasteiger partial charge in [0.25, 0.3) is 0 Å². The van der Waals surface area contributed by atoms with Crippen molar-refractivity contribution < 1.29 is 4.74 Å². The Morgan fingerprint density at radius 1 is 1.18 bits per heavy atom. The minimum Gasteiger partial charge on any atom is -0.457 e. The summed E-state index contributed by atoms with van der Waals surface area (Å²) in [6.45, 7) is 15.4. The summed E-state index contributed by atoms with van der Waals surface area (Å²) in [7, 11) is 0. The molecular weight excluding hydrogens is 208 g/mol. The van der Waals surface area contributed by atoms with E-state index in [-0.39, 0.29) is 0 Å². The maximum absolute atomic E-state index is 5.66. The van der Waals surface area contributed by atoms with Gasteiger partial charge in [-0.1, -0.05) is 50.8 Å². The van der Waals surface area contributed by atoms with Crippen molar-refractivity contribution >= 4 is 0 Å². The highest BCUT2D eigenvalue weighted by Crippen LogP contribution is 2.18. The standard InChI is InChI=1S/C14H16O.C2H6/c1-5-6-14(11(2)3)15-13-9-7-12(4)8-10-13;1-2/h5-10H,1-2H2,3-4H3;1-2H3/b14-6+;. The van der Waals surface area contributed by atoms with Crippen LogP contribution in [0.1, 0.15) is 26.3 Å². The van der Waals surface area contributed by atoms with E-state index >= 15 is 0 Å². The molecule has 0 N–H and O–H groups in total. The van der Waals surface area contributed by atoms with Crippen molar-refractivity contribution in [2.24, 2.45) is 0 Å². The highest BCUT2D eigenvalue weighted by atomic mass is 16.5. The van der Waals surface area contributed by atoms with Gasteiger partial charge in [-0.15, -0.1) is 0 Å². The second-order valence-corrected chi connectivity index (χ2v) is 3.46. The summed E-state index contributed by atoms with van der Waals surface area (Å²) in [5, 5.41) is 0. The van der Waals surface area contributed by atoms with Gasteiger partial charge >= 0.3 is 0 Å². The van der Waals surface area contributed by atoms with Gasteiger partial charge in [-0.05, 0) is 37.6 Å². The Hall–Kier alpha value is -1.76. The third kappa shape index (κ3) is 5.76. The number of hydrogen-bond acceptors (Lipinski definition) is 1. The lowest BCUT2D eigenvalue weighted by Crippen LogP contribution is -1.95. The van der Waals surface area contributed by atoms with Crippen LogP contribution in [0, 0.1) is 6.92 Å². The van der Waals surface area contributed by atoms with Crippen LogP contribution in [0.5, 0.6) is 5.75 Å². The van der Waals surface area contributed by atoms with Gasteiger partial charge in [0.2, 0.25) is 0 Å². The summed E-state index contributed by atoms with van der Waals surface area (Å²) in [4.78, 5) is 0. The molecule has 1 aromatic carbocycles. The molecule has 1 aromatic rings. The SMILES string of the molecule is C=C/C=C(/Oc1ccc(C)cc1)C(=C)C.CC. The van der Waals surface area contributed by atoms with E-state index in [1.165, 1.54) is 5.56 Å². The molecule has 17 heavy (non-hydrogen) atoms. The molecule has 0 fully saturated rings. The maximum Gasteiger partial charge on any atom is 0.129 e. The van der Waals surface area contributed by atoms with Crippen molar-refractivity contribution in [3.63, 3.8) is 0 Å². The zero-order chi connectivity index (χ0) is 13.3. The summed E-state index contributed by atoms with van der Waals surface area (Å²) >= 11 is 0. The van der Waals surface area contributed by atoms with Crippen molar-refractivity contribution in [1.82, 2.24) is 0 Å². The first-order valence-corrected chi connectivity index (χ1v) is 5.86. The number of rotatable bonds is 4. The lowest BCUT2D eigenvalue weighted by molar-refractivity contribution is 0.436. The Morgan fingerprint density at radius 3 is 2.12 bits per heavy atom. The zero-order valence-corrected chi connectivity index (χ0v) is 11.3. The normalized spacial score (nSPS) is 10.0. The van der Waals surface area contributed by atoms with Crippen molar-refractivity contribution in [1.29, 1.82) is 0 Å². The molecule has 0 aromatic heterocycles. The van der Waals surface area contributed by atoms with Crippen LogP contribution in [0.3, 0.4) is 0 Å². The minimum atomic E-state index is 0.744. The van der Waals surface area contributed by atoms with Crippen LogP contribution in [-0.2, 0) is 0 Å². The van der Waals surface area contributed by atoms with Crippen molar-refractivity contribution in [3.8, 4) is 5.75 Å². The fraction of sp³-hybridized carbons (Fsp3) is 0.250. The third-order valence-corrected chi connectivity index (χ3v) is 1.94. The van der Waals surface area contributed by atoms with E-state index < -0.39 is 0 Å². The molecule has 0 atom stereocenters. The Kier molecular flexibility index (Phi) is 7.53. The van der Waals surface area contributed by atoms with E-state index in [1.807, 2.05) is 58.0 Å². The fourth-order valence-electron chi connectivity index (χ4n) is 1.10. The molecule has 1 nitrogen and oxygen atoms in total. The summed E-state index contributed by atoms with van der Waals surface area (Å²) in [6, 6.07) is 7.91. The molecule has 0 bridgehead atoms. The molecule has 0 saturated carbocycles. The monoisotopic (exact) mass is 230 g/mol. The Balaban J connectivity index is 0.00000121. The van der Waals surface area contributed by atoms with Gasteiger partial charge in [-0.2, -0.15) is 0 Å². The zero-order valence-electron chi connectivity index (χ0n) is 11.3. The van der Waals surface area contributed by atoms with Gasteiger partial charge in [0.15, 0.2) is 0 Å². The molecule has 0 unspecified atom stereocenters. The average Bonchev–Trinajstić information content (AvgIpc) is 2.34. The summed E-state index contributed by atoms with van der Waals surface area (Å²) in [6.07, 6.45) is 3.50. The van der Waals surface area contributed by atoms with Crippen molar-refractivity contribution in [2.75, 3.05) is 0 Å². The summed E-state index contributed by atoms with van der Waals surface area (Å²) in [5.41, 5.74) is 2.10. The first-order chi connectivity index (χ1) is 8.13. The van der Waals surface area contributed by atoms with Crippen LogP contribution in [0.4, 0.5) is 0 Å². The largest absolute Gasteiger partial charge is 0.457 e. The average molecular weight is 230 g/mol. The smallest absolute Gasteiger partial charge is 0.129 e. The van der Waals surface area contributed by atoms with Gasteiger partial charge in [0.05, 0.1) is 0 Å². The van der Waals surface area contributed by atoms with Gasteiger partial charge in [0, 0.05) is 0 Å². The quantitative estimate of drug-likeness (QED) is 0.519. The number of ether oxygens (including phenoxy) is 1. The van der Waals surface area contributed by atoms with Crippen LogP contribution in [0.15, 0.2) is 60.9 Å². The Morgan fingerprint density at radius 2 is 1.71 bits per heavy atom. The fourth-order valence-corrected chi connectivity index (χ4v) is 1.10. The molecule has 0 aliphatic rings. The molecule has 0 aliphatic carbocycles. The summed E-state index contributed by atoms with van der Waals surface area (Å²) in [5.74, 6) is 1.56. The highest BCUT2D eigenvalue weighted by molar-refractivity contribution is 5.32. The topological polar surface area (TPSA) is 9.23 Å². The van der Waals surface area contributed by atoms with Gasteiger partial charge in [-0.25, -0.2) is 0 Å². The minimum absolute atomic E-state index is 0.744. The van der Waals surface area contributed by atoms with E-state index in [0.717, 1.165) is 17.1 Å². The Bertz CT molecular complexity index is 382. The molecule has 92 valence electrons. The summed E-state index contributed by atoms with van der Waals surface area (Å²) < 4.78 is 5.66. The molecule has 0 heterocycles. The molecule has 0 spiro atoms. The number of allylic oxidation sites excluding steroid dienone is 3. The predicted molar refractivity (Wildman–Crippen MR) is 76.2 cm³/mol. The van der Waals surface area contributed by atoms with Crippen molar-refractivity contribution in [2.45, 2.75) is 27.7 Å². The van der Waals surface area contributed by atoms with E-state index in [4.69, 9.17) is 4.74 Å². The second-order valence-electron chi connectivity index (χ2n) is 3.46. The van der Waals surface area contributed by atoms with Crippen LogP contribution in [0.2, 0.25) is 0 Å². The third-order valence-electron chi connectivity index (χ3n) is 1.94. The number of aryl methyl sites for hydroxylation is 1. The molecular formula is C16H22O. The van der Waals surface area contributed by atoms with Crippen LogP contribution < -0.4 is 4.74 Å². The molecule has 0 aliphatic heterocycles. The number of benzene rings is 1. The van der Waals surface area contributed by atoms with Crippen molar-refractivity contribution in [3.05, 3.63) is 66.5 Å². The van der Waals surface area contributed by atoms with Crippen LogP contribution in [0.25, 0.3) is 0 Å². The molecule has 0 amide bonds. The Labute approximate surface area is 105 Å².